The molecule has 1 aromatic heterocycles. The summed E-state index contributed by atoms with van der Waals surface area (Å²) >= 11 is 9.17. The van der Waals surface area contributed by atoms with Gasteiger partial charge in [0, 0.05) is 4.47 Å². The Kier molecular flexibility index (Phi) is 2.48. The number of halogens is 2. The number of benzene rings is 1. The molecular formula is C9H6BrClN2O. The molecule has 0 atom stereocenters. The minimum Gasteiger partial charge on any atom is -0.504 e. The van der Waals surface area contributed by atoms with Gasteiger partial charge in [-0.15, -0.1) is 0 Å². The van der Waals surface area contributed by atoms with E-state index in [0.29, 0.717) is 0 Å². The minimum absolute atomic E-state index is 0.0216. The average molecular weight is 274 g/mol. The smallest absolute Gasteiger partial charge is 0.174 e. The van der Waals surface area contributed by atoms with Crippen LogP contribution in [0.15, 0.2) is 34.9 Å². The van der Waals surface area contributed by atoms with Gasteiger partial charge in [0.05, 0.1) is 11.9 Å². The lowest BCUT2D eigenvalue weighted by molar-refractivity contribution is 0.475. The van der Waals surface area contributed by atoms with E-state index in [2.05, 4.69) is 21.0 Å². The Bertz CT molecular complexity index is 470. The van der Waals surface area contributed by atoms with E-state index in [-0.39, 0.29) is 10.9 Å². The van der Waals surface area contributed by atoms with Crippen LogP contribution >= 0.6 is 27.5 Å². The fourth-order valence-electron chi connectivity index (χ4n) is 1.11. The predicted octanol–water partition coefficient (Wildman–Crippen LogP) is 2.99. The molecule has 0 aliphatic heterocycles. The van der Waals surface area contributed by atoms with Crippen molar-refractivity contribution in [3.05, 3.63) is 40.1 Å². The molecule has 2 aromatic rings. The topological polar surface area (TPSA) is 38.1 Å². The van der Waals surface area contributed by atoms with E-state index in [0.717, 1.165) is 10.2 Å². The van der Waals surface area contributed by atoms with Gasteiger partial charge in [0.2, 0.25) is 0 Å². The van der Waals surface area contributed by atoms with Gasteiger partial charge in [-0.1, -0.05) is 33.6 Å². The molecule has 14 heavy (non-hydrogen) atoms. The molecule has 0 amide bonds. The maximum Gasteiger partial charge on any atom is 0.174 e. The highest BCUT2D eigenvalue weighted by molar-refractivity contribution is 9.10. The molecule has 0 radical (unpaired) electrons. The minimum atomic E-state index is -0.0216. The zero-order valence-corrected chi connectivity index (χ0v) is 9.33. The molecule has 0 fully saturated rings. The quantitative estimate of drug-likeness (QED) is 0.867. The number of nitrogens with zero attached hydrogens (tertiary/aromatic N) is 2. The lowest BCUT2D eigenvalue weighted by Gasteiger charge is -2.02. The van der Waals surface area contributed by atoms with Crippen molar-refractivity contribution in [3.8, 4) is 11.4 Å². The van der Waals surface area contributed by atoms with Gasteiger partial charge < -0.3 is 5.11 Å². The average Bonchev–Trinajstić information content (AvgIpc) is 2.48. The highest BCUT2D eigenvalue weighted by Crippen LogP contribution is 2.26. The SMILES string of the molecule is Oc1cnn(-c2cccc(Br)c2)c1Cl. The third kappa shape index (κ3) is 1.63. The molecule has 0 saturated carbocycles. The van der Waals surface area contributed by atoms with Crippen LogP contribution in [0.25, 0.3) is 5.69 Å². The lowest BCUT2D eigenvalue weighted by atomic mass is 10.3. The van der Waals surface area contributed by atoms with E-state index in [1.54, 1.807) is 0 Å². The molecule has 0 aliphatic carbocycles. The van der Waals surface area contributed by atoms with Crippen LogP contribution in [0.1, 0.15) is 0 Å². The van der Waals surface area contributed by atoms with Crippen LogP contribution in [0.4, 0.5) is 0 Å². The molecule has 1 N–H and O–H groups in total. The van der Waals surface area contributed by atoms with Crippen LogP contribution in [0.5, 0.6) is 5.75 Å². The van der Waals surface area contributed by atoms with Crippen molar-refractivity contribution in [1.29, 1.82) is 0 Å². The zero-order valence-electron chi connectivity index (χ0n) is 6.98. The molecule has 2 rings (SSSR count). The Balaban J connectivity index is 2.55. The summed E-state index contributed by atoms with van der Waals surface area (Å²) < 4.78 is 2.39. The number of hydrogen-bond acceptors (Lipinski definition) is 2. The van der Waals surface area contributed by atoms with E-state index in [1.807, 2.05) is 24.3 Å². The second kappa shape index (κ2) is 3.63. The molecule has 72 valence electrons. The first-order valence-corrected chi connectivity index (χ1v) is 5.04. The van der Waals surface area contributed by atoms with Gasteiger partial charge in [-0.2, -0.15) is 5.10 Å². The van der Waals surface area contributed by atoms with E-state index < -0.39 is 0 Å². The summed E-state index contributed by atoms with van der Waals surface area (Å²) in [5, 5.41) is 13.4. The Morgan fingerprint density at radius 1 is 1.43 bits per heavy atom. The second-order valence-electron chi connectivity index (χ2n) is 2.71. The lowest BCUT2D eigenvalue weighted by Crippen LogP contribution is -1.95. The molecule has 0 saturated heterocycles. The molecule has 0 aliphatic rings. The monoisotopic (exact) mass is 272 g/mol. The first kappa shape index (κ1) is 9.55. The Morgan fingerprint density at radius 3 is 2.79 bits per heavy atom. The standard InChI is InChI=1S/C9H6BrClN2O/c10-6-2-1-3-7(4-6)13-9(11)8(14)5-12-13/h1-5,14H. The van der Waals surface area contributed by atoms with E-state index in [9.17, 15) is 5.11 Å². The van der Waals surface area contributed by atoms with Gasteiger partial charge in [0.15, 0.2) is 10.9 Å². The van der Waals surface area contributed by atoms with Crippen LogP contribution < -0.4 is 0 Å². The van der Waals surface area contributed by atoms with Crippen LogP contribution in [-0.4, -0.2) is 14.9 Å². The van der Waals surface area contributed by atoms with Crippen molar-refractivity contribution in [2.45, 2.75) is 0 Å². The van der Waals surface area contributed by atoms with E-state index in [1.165, 1.54) is 10.9 Å². The van der Waals surface area contributed by atoms with Crippen molar-refractivity contribution in [2.75, 3.05) is 0 Å². The van der Waals surface area contributed by atoms with Gasteiger partial charge in [-0.25, -0.2) is 4.68 Å². The van der Waals surface area contributed by atoms with Crippen LogP contribution in [0.2, 0.25) is 5.15 Å². The van der Waals surface area contributed by atoms with Gasteiger partial charge in [0.25, 0.3) is 0 Å². The maximum absolute atomic E-state index is 9.24. The normalized spacial score (nSPS) is 10.4. The van der Waals surface area contributed by atoms with Crippen LogP contribution in [-0.2, 0) is 0 Å². The summed E-state index contributed by atoms with van der Waals surface area (Å²) in [6.07, 6.45) is 1.31. The third-order valence-electron chi connectivity index (χ3n) is 1.75. The molecular weight excluding hydrogens is 267 g/mol. The molecule has 1 heterocycles. The summed E-state index contributed by atoms with van der Waals surface area (Å²) in [4.78, 5) is 0. The van der Waals surface area contributed by atoms with Crippen molar-refractivity contribution in [2.24, 2.45) is 0 Å². The zero-order chi connectivity index (χ0) is 10.1. The number of rotatable bonds is 1. The van der Waals surface area contributed by atoms with Gasteiger partial charge >= 0.3 is 0 Å². The number of hydrogen-bond donors (Lipinski definition) is 1. The molecule has 3 nitrogen and oxygen atoms in total. The van der Waals surface area contributed by atoms with Crippen LogP contribution in [0, 0.1) is 0 Å². The van der Waals surface area contributed by atoms with Gasteiger partial charge in [-0.3, -0.25) is 0 Å². The molecule has 5 heteroatoms. The van der Waals surface area contributed by atoms with Gasteiger partial charge in [-0.05, 0) is 18.2 Å². The van der Waals surface area contributed by atoms with Crippen molar-refractivity contribution >= 4 is 27.5 Å². The summed E-state index contributed by atoms with van der Waals surface area (Å²) in [5.41, 5.74) is 0.796. The Labute approximate surface area is 94.1 Å². The highest BCUT2D eigenvalue weighted by Gasteiger charge is 2.08. The van der Waals surface area contributed by atoms with Crippen molar-refractivity contribution < 1.29 is 5.11 Å². The van der Waals surface area contributed by atoms with Gasteiger partial charge in [0.1, 0.15) is 0 Å². The molecule has 0 spiro atoms. The van der Waals surface area contributed by atoms with E-state index in [4.69, 9.17) is 11.6 Å². The molecule has 0 unspecified atom stereocenters. The summed E-state index contributed by atoms with van der Waals surface area (Å²) in [7, 11) is 0. The van der Waals surface area contributed by atoms with E-state index >= 15 is 0 Å². The third-order valence-corrected chi connectivity index (χ3v) is 2.59. The first-order valence-electron chi connectivity index (χ1n) is 3.87. The fraction of sp³-hybridized carbons (Fsp3) is 0. The highest BCUT2D eigenvalue weighted by atomic mass is 79.9. The largest absolute Gasteiger partial charge is 0.504 e. The van der Waals surface area contributed by atoms with Crippen molar-refractivity contribution in [3.63, 3.8) is 0 Å². The summed E-state index contributed by atoms with van der Waals surface area (Å²) in [6, 6.07) is 7.48. The summed E-state index contributed by atoms with van der Waals surface area (Å²) in [5.74, 6) is -0.0216. The fourth-order valence-corrected chi connectivity index (χ4v) is 1.69. The second-order valence-corrected chi connectivity index (χ2v) is 3.99. The van der Waals surface area contributed by atoms with Crippen molar-refractivity contribution in [1.82, 2.24) is 9.78 Å². The first-order chi connectivity index (χ1) is 6.68. The number of aromatic hydroxyl groups is 1. The summed E-state index contributed by atoms with van der Waals surface area (Å²) in [6.45, 7) is 0. The number of aromatic nitrogens is 2. The van der Waals surface area contributed by atoms with Crippen LogP contribution in [0.3, 0.4) is 0 Å². The Hall–Kier alpha value is -1.000. The molecule has 0 bridgehead atoms. The Morgan fingerprint density at radius 2 is 2.21 bits per heavy atom. The molecule has 1 aromatic carbocycles. The maximum atomic E-state index is 9.24. The predicted molar refractivity (Wildman–Crippen MR) is 57.9 cm³/mol.